The minimum absolute atomic E-state index is 0.106. The summed E-state index contributed by atoms with van der Waals surface area (Å²) in [6.45, 7) is 4.05. The van der Waals surface area contributed by atoms with Gasteiger partial charge in [0, 0.05) is 11.4 Å². The Balaban J connectivity index is 2.02. The molecule has 2 aromatic carbocycles. The average molecular weight is 350 g/mol. The van der Waals surface area contributed by atoms with Gasteiger partial charge in [-0.25, -0.2) is 0 Å². The number of carbonyl (C=O) groups excluding carboxylic acids is 2. The summed E-state index contributed by atoms with van der Waals surface area (Å²) in [6, 6.07) is 11.0. The second-order valence-electron chi connectivity index (χ2n) is 5.76. The van der Waals surface area contributed by atoms with Crippen LogP contribution >= 0.6 is 0 Å². The van der Waals surface area contributed by atoms with E-state index in [0.717, 1.165) is 23.8 Å². The molecule has 25 heavy (non-hydrogen) atoms. The van der Waals surface area contributed by atoms with Crippen LogP contribution < -0.4 is 10.6 Å². The molecule has 0 radical (unpaired) electrons. The standard InChI is InChI=1S/C18H17F3N2O2/c1-11(2)12-6-8-14(9-7-12)22-16(24)17(25)23-15-5-3-4-13(10-15)18(19,20)21/h3-11H,1-2H3,(H,22,24)(H,23,25). The lowest BCUT2D eigenvalue weighted by Gasteiger charge is -2.10. The van der Waals surface area contributed by atoms with Crippen molar-refractivity contribution in [1.29, 1.82) is 0 Å². The maximum atomic E-state index is 12.6. The van der Waals surface area contributed by atoms with E-state index in [1.807, 2.05) is 26.0 Å². The summed E-state index contributed by atoms with van der Waals surface area (Å²) in [5.74, 6) is -1.68. The van der Waals surface area contributed by atoms with Crippen molar-refractivity contribution < 1.29 is 22.8 Å². The van der Waals surface area contributed by atoms with Gasteiger partial charge in [-0.05, 0) is 41.8 Å². The molecule has 0 spiro atoms. The molecule has 2 N–H and O–H groups in total. The van der Waals surface area contributed by atoms with Crippen molar-refractivity contribution in [2.45, 2.75) is 25.9 Å². The highest BCUT2D eigenvalue weighted by Crippen LogP contribution is 2.30. The predicted octanol–water partition coefficient (Wildman–Crippen LogP) is 4.41. The van der Waals surface area contributed by atoms with Gasteiger partial charge in [0.2, 0.25) is 0 Å². The fourth-order valence-corrected chi connectivity index (χ4v) is 2.10. The molecule has 7 heteroatoms. The molecule has 0 atom stereocenters. The second kappa shape index (κ2) is 7.38. The van der Waals surface area contributed by atoms with Gasteiger partial charge >= 0.3 is 18.0 Å². The van der Waals surface area contributed by atoms with Crippen molar-refractivity contribution in [3.05, 3.63) is 59.7 Å². The van der Waals surface area contributed by atoms with Gasteiger partial charge in [-0.1, -0.05) is 32.0 Å². The molecule has 0 aromatic heterocycles. The normalized spacial score (nSPS) is 11.3. The first-order valence-corrected chi connectivity index (χ1v) is 7.56. The Morgan fingerprint density at radius 3 is 1.96 bits per heavy atom. The van der Waals surface area contributed by atoms with E-state index >= 15 is 0 Å². The van der Waals surface area contributed by atoms with Gasteiger partial charge in [0.05, 0.1) is 5.56 Å². The van der Waals surface area contributed by atoms with E-state index in [9.17, 15) is 22.8 Å². The van der Waals surface area contributed by atoms with E-state index in [2.05, 4.69) is 10.6 Å². The molecule has 2 amide bonds. The van der Waals surface area contributed by atoms with Crippen LogP contribution in [0, 0.1) is 0 Å². The molecule has 0 fully saturated rings. The number of amides is 2. The van der Waals surface area contributed by atoms with Crippen LogP contribution in [0.2, 0.25) is 0 Å². The minimum Gasteiger partial charge on any atom is -0.318 e. The zero-order chi connectivity index (χ0) is 18.6. The largest absolute Gasteiger partial charge is 0.416 e. The van der Waals surface area contributed by atoms with Gasteiger partial charge in [-0.2, -0.15) is 13.2 Å². The van der Waals surface area contributed by atoms with Gasteiger partial charge in [0.1, 0.15) is 0 Å². The smallest absolute Gasteiger partial charge is 0.318 e. The number of carbonyl (C=O) groups is 2. The van der Waals surface area contributed by atoms with Crippen molar-refractivity contribution in [2.75, 3.05) is 10.6 Å². The Bertz CT molecular complexity index is 769. The molecular formula is C18H17F3N2O2. The van der Waals surface area contributed by atoms with Crippen LogP contribution in [0.5, 0.6) is 0 Å². The molecule has 0 aliphatic carbocycles. The first kappa shape index (κ1) is 18.5. The summed E-state index contributed by atoms with van der Waals surface area (Å²) in [6.07, 6.45) is -4.53. The molecule has 0 saturated heterocycles. The zero-order valence-electron chi connectivity index (χ0n) is 13.6. The maximum Gasteiger partial charge on any atom is 0.416 e. The Morgan fingerprint density at radius 1 is 0.880 bits per heavy atom. The van der Waals surface area contributed by atoms with Crippen LogP contribution in [-0.2, 0) is 15.8 Å². The highest BCUT2D eigenvalue weighted by atomic mass is 19.4. The highest BCUT2D eigenvalue weighted by molar-refractivity contribution is 6.43. The van der Waals surface area contributed by atoms with Crippen LogP contribution in [0.3, 0.4) is 0 Å². The number of rotatable bonds is 3. The number of nitrogens with one attached hydrogen (secondary N) is 2. The molecule has 4 nitrogen and oxygen atoms in total. The molecule has 2 aromatic rings. The number of hydrogen-bond donors (Lipinski definition) is 2. The fraction of sp³-hybridized carbons (Fsp3) is 0.222. The summed E-state index contributed by atoms with van der Waals surface area (Å²) in [5, 5.41) is 4.55. The van der Waals surface area contributed by atoms with Crippen LogP contribution in [-0.4, -0.2) is 11.8 Å². The SMILES string of the molecule is CC(C)c1ccc(NC(=O)C(=O)Nc2cccc(C(F)(F)F)c2)cc1. The minimum atomic E-state index is -4.53. The lowest BCUT2D eigenvalue weighted by Crippen LogP contribution is -2.29. The third kappa shape index (κ3) is 5.07. The molecule has 0 aliphatic rings. The van der Waals surface area contributed by atoms with Crippen molar-refractivity contribution in [3.63, 3.8) is 0 Å². The first-order chi connectivity index (χ1) is 11.7. The number of alkyl halides is 3. The summed E-state index contributed by atoms with van der Waals surface area (Å²) in [7, 11) is 0. The van der Waals surface area contributed by atoms with E-state index in [4.69, 9.17) is 0 Å². The number of anilines is 2. The van der Waals surface area contributed by atoms with E-state index < -0.39 is 23.6 Å². The monoisotopic (exact) mass is 350 g/mol. The lowest BCUT2D eigenvalue weighted by molar-refractivity contribution is -0.137. The second-order valence-corrected chi connectivity index (χ2v) is 5.76. The third-order valence-electron chi connectivity index (χ3n) is 3.49. The van der Waals surface area contributed by atoms with Gasteiger partial charge in [0.15, 0.2) is 0 Å². The molecule has 0 saturated carbocycles. The predicted molar refractivity (Wildman–Crippen MR) is 89.2 cm³/mol. The summed E-state index contributed by atoms with van der Waals surface area (Å²) in [5.41, 5.74) is 0.486. The summed E-state index contributed by atoms with van der Waals surface area (Å²) in [4.78, 5) is 23.7. The van der Waals surface area contributed by atoms with E-state index in [-0.39, 0.29) is 5.69 Å². The van der Waals surface area contributed by atoms with Crippen LogP contribution in [0.1, 0.15) is 30.9 Å². The summed E-state index contributed by atoms with van der Waals surface area (Å²) >= 11 is 0. The van der Waals surface area contributed by atoms with Crippen molar-refractivity contribution in [1.82, 2.24) is 0 Å². The highest BCUT2D eigenvalue weighted by Gasteiger charge is 2.30. The first-order valence-electron chi connectivity index (χ1n) is 7.56. The Labute approximate surface area is 143 Å². The molecular weight excluding hydrogens is 333 g/mol. The van der Waals surface area contributed by atoms with Crippen LogP contribution in [0.15, 0.2) is 48.5 Å². The Morgan fingerprint density at radius 2 is 1.44 bits per heavy atom. The molecule has 2 rings (SSSR count). The van der Waals surface area contributed by atoms with Crippen molar-refractivity contribution >= 4 is 23.2 Å². The van der Waals surface area contributed by atoms with Crippen molar-refractivity contribution in [2.24, 2.45) is 0 Å². The molecule has 132 valence electrons. The number of benzene rings is 2. The molecule has 0 heterocycles. The molecule has 0 bridgehead atoms. The Kier molecular flexibility index (Phi) is 5.46. The Hall–Kier alpha value is -2.83. The van der Waals surface area contributed by atoms with Gasteiger partial charge in [-0.3, -0.25) is 9.59 Å². The maximum absolute atomic E-state index is 12.6. The van der Waals surface area contributed by atoms with Crippen LogP contribution in [0.25, 0.3) is 0 Å². The summed E-state index contributed by atoms with van der Waals surface area (Å²) < 4.78 is 37.9. The lowest BCUT2D eigenvalue weighted by atomic mass is 10.0. The van der Waals surface area contributed by atoms with Crippen LogP contribution in [0.4, 0.5) is 24.5 Å². The van der Waals surface area contributed by atoms with E-state index in [1.165, 1.54) is 6.07 Å². The molecule has 0 unspecified atom stereocenters. The fourth-order valence-electron chi connectivity index (χ4n) is 2.10. The third-order valence-corrected chi connectivity index (χ3v) is 3.49. The van der Waals surface area contributed by atoms with E-state index in [0.29, 0.717) is 11.6 Å². The van der Waals surface area contributed by atoms with E-state index in [1.54, 1.807) is 12.1 Å². The number of halogens is 3. The quantitative estimate of drug-likeness (QED) is 0.806. The number of hydrogen-bond acceptors (Lipinski definition) is 2. The van der Waals surface area contributed by atoms with Gasteiger partial charge < -0.3 is 10.6 Å². The zero-order valence-corrected chi connectivity index (χ0v) is 13.6. The molecule has 0 aliphatic heterocycles. The van der Waals surface area contributed by atoms with Gasteiger partial charge in [0.25, 0.3) is 0 Å². The van der Waals surface area contributed by atoms with Crippen molar-refractivity contribution in [3.8, 4) is 0 Å². The topological polar surface area (TPSA) is 58.2 Å². The van der Waals surface area contributed by atoms with Gasteiger partial charge in [-0.15, -0.1) is 0 Å². The average Bonchev–Trinajstić information content (AvgIpc) is 2.54.